The Morgan fingerprint density at radius 1 is 1.23 bits per heavy atom. The summed E-state index contributed by atoms with van der Waals surface area (Å²) in [5, 5.41) is 11.9. The van der Waals surface area contributed by atoms with E-state index in [1.54, 1.807) is 0 Å². The minimum atomic E-state index is -0.581. The predicted molar refractivity (Wildman–Crippen MR) is 121 cm³/mol. The van der Waals surface area contributed by atoms with Gasteiger partial charge in [-0.3, -0.25) is 4.79 Å². The summed E-state index contributed by atoms with van der Waals surface area (Å²) in [6, 6.07) is 10.2. The van der Waals surface area contributed by atoms with Gasteiger partial charge in [-0.05, 0) is 57.5 Å². The lowest BCUT2D eigenvalue weighted by Gasteiger charge is -2.15. The van der Waals surface area contributed by atoms with E-state index in [1.165, 1.54) is 29.5 Å². The largest absolute Gasteiger partial charge is 0.485 e. The highest BCUT2D eigenvalue weighted by Gasteiger charge is 2.18. The third kappa shape index (κ3) is 5.98. The number of aromatic nitrogens is 3. The molecule has 0 saturated carbocycles. The fourth-order valence-electron chi connectivity index (χ4n) is 3.03. The second-order valence-electron chi connectivity index (χ2n) is 7.38. The van der Waals surface area contributed by atoms with E-state index in [0.29, 0.717) is 11.0 Å². The predicted octanol–water partition coefficient (Wildman–Crippen LogP) is 5.58. The van der Waals surface area contributed by atoms with Crippen molar-refractivity contribution in [2.75, 3.05) is 11.1 Å². The van der Waals surface area contributed by atoms with Gasteiger partial charge in [0.1, 0.15) is 18.2 Å². The maximum atomic E-state index is 13.9. The maximum Gasteiger partial charge on any atom is 0.234 e. The SMILES string of the molecule is Cc1ccc(OCc2nnc(SCC(=O)Nc3ccc(Cl)cc3F)n2C(C)C)c(C)c1. The van der Waals surface area contributed by atoms with Crippen molar-refractivity contribution < 1.29 is 13.9 Å². The Morgan fingerprint density at radius 3 is 2.68 bits per heavy atom. The average molecular weight is 463 g/mol. The van der Waals surface area contributed by atoms with Crippen molar-refractivity contribution in [1.82, 2.24) is 14.8 Å². The number of anilines is 1. The molecule has 0 bridgehead atoms. The van der Waals surface area contributed by atoms with Crippen LogP contribution in [0, 0.1) is 19.7 Å². The Morgan fingerprint density at radius 2 is 2.00 bits per heavy atom. The van der Waals surface area contributed by atoms with Gasteiger partial charge >= 0.3 is 0 Å². The molecule has 0 aliphatic rings. The Balaban J connectivity index is 1.65. The van der Waals surface area contributed by atoms with Crippen LogP contribution in [0.3, 0.4) is 0 Å². The molecule has 1 aromatic heterocycles. The lowest BCUT2D eigenvalue weighted by Crippen LogP contribution is -2.16. The van der Waals surface area contributed by atoms with Crippen LogP contribution in [0.25, 0.3) is 0 Å². The number of carbonyl (C=O) groups excluding carboxylic acids is 1. The van der Waals surface area contributed by atoms with Crippen molar-refractivity contribution >= 4 is 35.0 Å². The van der Waals surface area contributed by atoms with Crippen LogP contribution in [0.2, 0.25) is 5.02 Å². The van der Waals surface area contributed by atoms with Gasteiger partial charge in [-0.25, -0.2) is 4.39 Å². The summed E-state index contributed by atoms with van der Waals surface area (Å²) in [7, 11) is 0. The zero-order valence-electron chi connectivity index (χ0n) is 17.8. The van der Waals surface area contributed by atoms with Crippen molar-refractivity contribution in [2.45, 2.75) is 45.5 Å². The third-order valence-corrected chi connectivity index (χ3v) is 5.65. The summed E-state index contributed by atoms with van der Waals surface area (Å²) < 4.78 is 21.8. The molecule has 0 fully saturated rings. The van der Waals surface area contributed by atoms with E-state index in [9.17, 15) is 9.18 Å². The number of aryl methyl sites for hydroxylation is 2. The van der Waals surface area contributed by atoms with E-state index < -0.39 is 5.82 Å². The number of thioether (sulfide) groups is 1. The average Bonchev–Trinajstić information content (AvgIpc) is 3.11. The second-order valence-corrected chi connectivity index (χ2v) is 8.76. The monoisotopic (exact) mass is 462 g/mol. The van der Waals surface area contributed by atoms with Crippen molar-refractivity contribution in [3.63, 3.8) is 0 Å². The number of nitrogens with zero attached hydrogens (tertiary/aromatic N) is 3. The van der Waals surface area contributed by atoms with Crippen LogP contribution in [0.15, 0.2) is 41.6 Å². The first-order valence-electron chi connectivity index (χ1n) is 9.76. The molecule has 3 rings (SSSR count). The second kappa shape index (κ2) is 10.2. The zero-order valence-corrected chi connectivity index (χ0v) is 19.4. The molecule has 0 radical (unpaired) electrons. The molecule has 0 aliphatic heterocycles. The van der Waals surface area contributed by atoms with Gasteiger partial charge in [-0.15, -0.1) is 10.2 Å². The van der Waals surface area contributed by atoms with E-state index in [0.717, 1.165) is 17.4 Å². The topological polar surface area (TPSA) is 69.0 Å². The summed E-state index contributed by atoms with van der Waals surface area (Å²) in [6.45, 7) is 8.32. The van der Waals surface area contributed by atoms with Gasteiger partial charge in [0, 0.05) is 11.1 Å². The molecule has 164 valence electrons. The highest BCUT2D eigenvalue weighted by molar-refractivity contribution is 7.99. The number of hydrogen-bond donors (Lipinski definition) is 1. The van der Waals surface area contributed by atoms with Crippen molar-refractivity contribution in [3.8, 4) is 5.75 Å². The number of ether oxygens (including phenoxy) is 1. The van der Waals surface area contributed by atoms with Gasteiger partial charge in [-0.1, -0.05) is 41.1 Å². The van der Waals surface area contributed by atoms with E-state index >= 15 is 0 Å². The summed E-state index contributed by atoms with van der Waals surface area (Å²) in [5.41, 5.74) is 2.31. The van der Waals surface area contributed by atoms with Gasteiger partial charge in [-0.2, -0.15) is 0 Å². The van der Waals surface area contributed by atoms with Gasteiger partial charge in [0.15, 0.2) is 11.0 Å². The zero-order chi connectivity index (χ0) is 22.5. The first-order chi connectivity index (χ1) is 14.7. The lowest BCUT2D eigenvalue weighted by atomic mass is 10.1. The number of amides is 1. The lowest BCUT2D eigenvalue weighted by molar-refractivity contribution is -0.113. The summed E-state index contributed by atoms with van der Waals surface area (Å²) in [4.78, 5) is 12.3. The number of rotatable bonds is 8. The molecular weight excluding hydrogens is 439 g/mol. The van der Waals surface area contributed by atoms with Crippen LogP contribution < -0.4 is 10.1 Å². The summed E-state index contributed by atoms with van der Waals surface area (Å²) in [5.74, 6) is 0.592. The third-order valence-electron chi connectivity index (χ3n) is 4.48. The van der Waals surface area contributed by atoms with Crippen LogP contribution in [0.4, 0.5) is 10.1 Å². The Kier molecular flexibility index (Phi) is 7.56. The van der Waals surface area contributed by atoms with E-state index in [-0.39, 0.29) is 35.0 Å². The molecule has 1 heterocycles. The number of benzene rings is 2. The van der Waals surface area contributed by atoms with E-state index in [2.05, 4.69) is 21.6 Å². The number of nitrogens with one attached hydrogen (secondary N) is 1. The molecule has 0 atom stereocenters. The number of halogens is 2. The Bertz CT molecular complexity index is 1090. The quantitative estimate of drug-likeness (QED) is 0.442. The minimum Gasteiger partial charge on any atom is -0.485 e. The fourth-order valence-corrected chi connectivity index (χ4v) is 4.08. The molecule has 0 unspecified atom stereocenters. The molecule has 1 N–H and O–H groups in total. The van der Waals surface area contributed by atoms with E-state index in [4.69, 9.17) is 16.3 Å². The fraction of sp³-hybridized carbons (Fsp3) is 0.318. The standard InChI is InChI=1S/C22H24ClFN4O2S/c1-13(2)28-20(11-30-19-8-5-14(3)9-15(19)4)26-27-22(28)31-12-21(29)25-18-7-6-16(23)10-17(18)24/h5-10,13H,11-12H2,1-4H3,(H,25,29). The highest BCUT2D eigenvalue weighted by atomic mass is 35.5. The molecule has 1 amide bonds. The van der Waals surface area contributed by atoms with E-state index in [1.807, 2.05) is 44.4 Å². The smallest absolute Gasteiger partial charge is 0.234 e. The van der Waals surface area contributed by atoms with Gasteiger partial charge < -0.3 is 14.6 Å². The van der Waals surface area contributed by atoms with Crippen molar-refractivity contribution in [1.29, 1.82) is 0 Å². The molecule has 31 heavy (non-hydrogen) atoms. The molecule has 9 heteroatoms. The summed E-state index contributed by atoms with van der Waals surface area (Å²) >= 11 is 6.97. The number of hydrogen-bond acceptors (Lipinski definition) is 5. The molecular formula is C22H24ClFN4O2S. The summed E-state index contributed by atoms with van der Waals surface area (Å²) in [6.07, 6.45) is 0. The molecule has 0 saturated heterocycles. The first kappa shape index (κ1) is 23.1. The van der Waals surface area contributed by atoms with Crippen LogP contribution in [-0.2, 0) is 11.4 Å². The molecule has 6 nitrogen and oxygen atoms in total. The van der Waals surface area contributed by atoms with Crippen LogP contribution in [0.5, 0.6) is 5.75 Å². The van der Waals surface area contributed by atoms with Crippen LogP contribution in [-0.4, -0.2) is 26.4 Å². The maximum absolute atomic E-state index is 13.9. The highest BCUT2D eigenvalue weighted by Crippen LogP contribution is 2.25. The minimum absolute atomic E-state index is 0.0604. The number of carbonyl (C=O) groups is 1. The van der Waals surface area contributed by atoms with Gasteiger partial charge in [0.05, 0.1) is 11.4 Å². The van der Waals surface area contributed by atoms with Gasteiger partial charge in [0.25, 0.3) is 0 Å². The normalized spacial score (nSPS) is 11.1. The molecule has 0 spiro atoms. The van der Waals surface area contributed by atoms with Crippen molar-refractivity contribution in [2.24, 2.45) is 0 Å². The van der Waals surface area contributed by atoms with Gasteiger partial charge in [0.2, 0.25) is 5.91 Å². The first-order valence-corrected chi connectivity index (χ1v) is 11.1. The van der Waals surface area contributed by atoms with Crippen LogP contribution in [0.1, 0.15) is 36.8 Å². The molecule has 2 aromatic carbocycles. The van der Waals surface area contributed by atoms with Crippen LogP contribution >= 0.6 is 23.4 Å². The molecule has 0 aliphatic carbocycles. The molecule has 3 aromatic rings. The Hall–Kier alpha value is -2.58. The van der Waals surface area contributed by atoms with Crippen molar-refractivity contribution in [3.05, 3.63) is 64.2 Å². The Labute approximate surface area is 190 Å².